The van der Waals surface area contributed by atoms with Gasteiger partial charge >= 0.3 is 0 Å². The average Bonchev–Trinajstić information content (AvgIpc) is 2.45. The lowest BCUT2D eigenvalue weighted by atomic mass is 10.1. The summed E-state index contributed by atoms with van der Waals surface area (Å²) >= 11 is 10.1. The van der Waals surface area contributed by atoms with Crippen molar-refractivity contribution in [3.63, 3.8) is 0 Å². The van der Waals surface area contributed by atoms with E-state index in [1.165, 1.54) is 14.0 Å². The number of rotatable bonds is 6. The molecule has 0 fully saturated rings. The molecular formula is C15H16ClIN2S. The van der Waals surface area contributed by atoms with E-state index < -0.39 is 0 Å². The van der Waals surface area contributed by atoms with Crippen LogP contribution in [0.3, 0.4) is 0 Å². The van der Waals surface area contributed by atoms with E-state index in [0.29, 0.717) is 0 Å². The molecule has 0 saturated heterocycles. The molecule has 2 rings (SSSR count). The van der Waals surface area contributed by atoms with Gasteiger partial charge in [-0.05, 0) is 64.9 Å². The number of hydrogen-bond acceptors (Lipinski definition) is 3. The maximum Gasteiger partial charge on any atom is 0.0417 e. The van der Waals surface area contributed by atoms with Gasteiger partial charge in [-0.3, -0.25) is 11.3 Å². The summed E-state index contributed by atoms with van der Waals surface area (Å²) in [7, 11) is 0. The SMILES string of the molecule is NNC(CSc1cccc(Cl)c1)Cc1ccc(I)cc1. The summed E-state index contributed by atoms with van der Waals surface area (Å²) in [5.41, 5.74) is 4.19. The first kappa shape index (κ1) is 16.1. The fourth-order valence-electron chi connectivity index (χ4n) is 1.82. The molecule has 0 spiro atoms. The first-order chi connectivity index (χ1) is 9.67. The van der Waals surface area contributed by atoms with E-state index in [4.69, 9.17) is 17.4 Å². The first-order valence-electron chi connectivity index (χ1n) is 6.26. The minimum absolute atomic E-state index is 0.235. The van der Waals surface area contributed by atoms with Crippen LogP contribution in [0.25, 0.3) is 0 Å². The summed E-state index contributed by atoms with van der Waals surface area (Å²) in [6.45, 7) is 0. The van der Waals surface area contributed by atoms with Crippen molar-refractivity contribution < 1.29 is 0 Å². The predicted octanol–water partition coefficient (Wildman–Crippen LogP) is 4.11. The van der Waals surface area contributed by atoms with E-state index in [-0.39, 0.29) is 6.04 Å². The summed E-state index contributed by atoms with van der Waals surface area (Å²) < 4.78 is 1.25. The van der Waals surface area contributed by atoms with Crippen molar-refractivity contribution in [3.8, 4) is 0 Å². The summed E-state index contributed by atoms with van der Waals surface area (Å²) in [6.07, 6.45) is 0.918. The summed E-state index contributed by atoms with van der Waals surface area (Å²) in [6, 6.07) is 16.7. The Morgan fingerprint density at radius 3 is 2.60 bits per heavy atom. The Kier molecular flexibility index (Phi) is 6.64. The average molecular weight is 419 g/mol. The summed E-state index contributed by atoms with van der Waals surface area (Å²) in [5, 5.41) is 0.768. The molecule has 0 radical (unpaired) electrons. The Bertz CT molecular complexity index is 548. The van der Waals surface area contributed by atoms with Crippen LogP contribution in [0.1, 0.15) is 5.56 Å². The molecule has 2 aromatic rings. The van der Waals surface area contributed by atoms with Gasteiger partial charge in [0.25, 0.3) is 0 Å². The van der Waals surface area contributed by atoms with Gasteiger partial charge in [-0.1, -0.05) is 29.8 Å². The molecule has 3 N–H and O–H groups in total. The van der Waals surface area contributed by atoms with Crippen LogP contribution in [0.5, 0.6) is 0 Å². The minimum Gasteiger partial charge on any atom is -0.271 e. The number of hydrogen-bond donors (Lipinski definition) is 2. The normalized spacial score (nSPS) is 12.3. The van der Waals surface area contributed by atoms with Crippen molar-refractivity contribution in [2.24, 2.45) is 5.84 Å². The molecule has 0 aromatic heterocycles. The molecule has 0 aliphatic heterocycles. The van der Waals surface area contributed by atoms with Gasteiger partial charge in [0.15, 0.2) is 0 Å². The van der Waals surface area contributed by atoms with Gasteiger partial charge in [-0.25, -0.2) is 0 Å². The molecule has 106 valence electrons. The van der Waals surface area contributed by atoms with Gasteiger partial charge in [0.05, 0.1) is 0 Å². The summed E-state index contributed by atoms with van der Waals surface area (Å²) in [4.78, 5) is 1.17. The van der Waals surface area contributed by atoms with Crippen LogP contribution in [-0.2, 0) is 6.42 Å². The van der Waals surface area contributed by atoms with Gasteiger partial charge in [-0.2, -0.15) is 0 Å². The van der Waals surface area contributed by atoms with E-state index in [1.807, 2.05) is 18.2 Å². The van der Waals surface area contributed by atoms with E-state index in [0.717, 1.165) is 17.2 Å². The Morgan fingerprint density at radius 2 is 1.95 bits per heavy atom. The zero-order valence-electron chi connectivity index (χ0n) is 10.9. The first-order valence-corrected chi connectivity index (χ1v) is 8.70. The van der Waals surface area contributed by atoms with E-state index in [9.17, 15) is 0 Å². The zero-order chi connectivity index (χ0) is 14.4. The van der Waals surface area contributed by atoms with Crippen molar-refractivity contribution in [2.45, 2.75) is 17.4 Å². The lowest BCUT2D eigenvalue weighted by molar-refractivity contribution is 0.575. The van der Waals surface area contributed by atoms with Crippen LogP contribution in [0.2, 0.25) is 5.02 Å². The van der Waals surface area contributed by atoms with Crippen LogP contribution in [0.15, 0.2) is 53.4 Å². The van der Waals surface area contributed by atoms with Gasteiger partial charge in [0, 0.05) is 25.3 Å². The van der Waals surface area contributed by atoms with Gasteiger partial charge in [0.1, 0.15) is 0 Å². The third kappa shape index (κ3) is 5.26. The van der Waals surface area contributed by atoms with Crippen molar-refractivity contribution in [2.75, 3.05) is 5.75 Å². The number of hydrazine groups is 1. The Hall–Kier alpha value is -0.270. The van der Waals surface area contributed by atoms with Crippen LogP contribution in [0, 0.1) is 3.57 Å². The molecule has 0 bridgehead atoms. The third-order valence-electron chi connectivity index (χ3n) is 2.88. The molecule has 0 aliphatic rings. The molecule has 0 aliphatic carbocycles. The molecule has 5 heteroatoms. The third-order valence-corrected chi connectivity index (χ3v) is 4.99. The lowest BCUT2D eigenvalue weighted by Crippen LogP contribution is -2.38. The van der Waals surface area contributed by atoms with E-state index in [2.05, 4.69) is 58.3 Å². The Balaban J connectivity index is 1.90. The van der Waals surface area contributed by atoms with Gasteiger partial charge < -0.3 is 0 Å². The maximum atomic E-state index is 5.98. The fraction of sp³-hybridized carbons (Fsp3) is 0.200. The van der Waals surface area contributed by atoms with Gasteiger partial charge in [0.2, 0.25) is 0 Å². The highest BCUT2D eigenvalue weighted by Crippen LogP contribution is 2.23. The number of nitrogens with two attached hydrogens (primary N) is 1. The smallest absolute Gasteiger partial charge is 0.0417 e. The van der Waals surface area contributed by atoms with Crippen LogP contribution in [-0.4, -0.2) is 11.8 Å². The quantitative estimate of drug-likeness (QED) is 0.321. The fourth-order valence-corrected chi connectivity index (χ4v) is 3.43. The number of benzene rings is 2. The zero-order valence-corrected chi connectivity index (χ0v) is 14.6. The van der Waals surface area contributed by atoms with Crippen molar-refractivity contribution in [3.05, 3.63) is 62.7 Å². The number of thioether (sulfide) groups is 1. The Labute approximate surface area is 142 Å². The monoisotopic (exact) mass is 418 g/mol. The molecule has 0 saturated carbocycles. The molecule has 0 heterocycles. The second kappa shape index (κ2) is 8.24. The molecule has 1 unspecified atom stereocenters. The van der Waals surface area contributed by atoms with Crippen molar-refractivity contribution in [1.29, 1.82) is 0 Å². The summed E-state index contributed by atoms with van der Waals surface area (Å²) in [5.74, 6) is 6.56. The van der Waals surface area contributed by atoms with Crippen LogP contribution >= 0.6 is 46.0 Å². The molecular weight excluding hydrogens is 403 g/mol. The number of halogens is 2. The maximum absolute atomic E-state index is 5.98. The predicted molar refractivity (Wildman–Crippen MR) is 96.2 cm³/mol. The second-order valence-corrected chi connectivity index (χ2v) is 7.24. The molecule has 20 heavy (non-hydrogen) atoms. The number of nitrogens with one attached hydrogen (secondary N) is 1. The molecule has 2 aromatic carbocycles. The minimum atomic E-state index is 0.235. The second-order valence-electron chi connectivity index (χ2n) is 4.46. The standard InChI is InChI=1S/C15H16ClIN2S/c16-12-2-1-3-15(9-12)20-10-14(19-18)8-11-4-6-13(17)7-5-11/h1-7,9,14,19H,8,10,18H2. The highest BCUT2D eigenvalue weighted by atomic mass is 127. The van der Waals surface area contributed by atoms with Crippen molar-refractivity contribution in [1.82, 2.24) is 5.43 Å². The molecule has 1 atom stereocenters. The van der Waals surface area contributed by atoms with Crippen LogP contribution in [0.4, 0.5) is 0 Å². The molecule has 2 nitrogen and oxygen atoms in total. The van der Waals surface area contributed by atoms with Crippen LogP contribution < -0.4 is 11.3 Å². The highest BCUT2D eigenvalue weighted by Gasteiger charge is 2.08. The van der Waals surface area contributed by atoms with Gasteiger partial charge in [-0.15, -0.1) is 11.8 Å². The highest BCUT2D eigenvalue weighted by molar-refractivity contribution is 14.1. The van der Waals surface area contributed by atoms with E-state index >= 15 is 0 Å². The van der Waals surface area contributed by atoms with Crippen molar-refractivity contribution >= 4 is 46.0 Å². The topological polar surface area (TPSA) is 38.0 Å². The van der Waals surface area contributed by atoms with E-state index in [1.54, 1.807) is 11.8 Å². The Morgan fingerprint density at radius 1 is 1.20 bits per heavy atom. The largest absolute Gasteiger partial charge is 0.271 e. The molecule has 0 amide bonds. The lowest BCUT2D eigenvalue weighted by Gasteiger charge is -2.15.